The van der Waals surface area contributed by atoms with E-state index in [1.807, 2.05) is 11.4 Å². The third-order valence-electron chi connectivity index (χ3n) is 4.06. The van der Waals surface area contributed by atoms with E-state index < -0.39 is 0 Å². The quantitative estimate of drug-likeness (QED) is 0.746. The molecule has 25 heavy (non-hydrogen) atoms. The van der Waals surface area contributed by atoms with Gasteiger partial charge >= 0.3 is 0 Å². The molecule has 1 unspecified atom stereocenters. The molecule has 1 aromatic carbocycles. The van der Waals surface area contributed by atoms with Crippen molar-refractivity contribution >= 4 is 28.8 Å². The Morgan fingerprint density at radius 2 is 2.28 bits per heavy atom. The third kappa shape index (κ3) is 3.27. The first kappa shape index (κ1) is 16.2. The number of nitrogens with zero attached hydrogens (tertiary/aromatic N) is 1. The Morgan fingerprint density at radius 3 is 3.00 bits per heavy atom. The highest BCUT2D eigenvalue weighted by Gasteiger charge is 2.27. The predicted molar refractivity (Wildman–Crippen MR) is 96.5 cm³/mol. The number of rotatable bonds is 4. The molecule has 0 saturated heterocycles. The number of amides is 1. The molecular weight excluding hydrogens is 360 g/mol. The van der Waals surface area contributed by atoms with E-state index in [9.17, 15) is 4.79 Å². The van der Waals surface area contributed by atoms with Crippen LogP contribution in [0, 0.1) is 6.92 Å². The molecule has 128 valence electrons. The fourth-order valence-corrected chi connectivity index (χ4v) is 3.82. The third-order valence-corrected chi connectivity index (χ3v) is 5.02. The zero-order valence-electron chi connectivity index (χ0n) is 13.4. The predicted octanol–water partition coefficient (Wildman–Crippen LogP) is 4.10. The van der Waals surface area contributed by atoms with Crippen LogP contribution in [0.2, 0.25) is 5.02 Å². The number of carbonyl (C=O) groups is 1. The van der Waals surface area contributed by atoms with Gasteiger partial charge in [0.15, 0.2) is 5.69 Å². The van der Waals surface area contributed by atoms with E-state index >= 15 is 0 Å². The number of fused-ring (bicyclic) bond motifs is 1. The topological polar surface area (TPSA) is 64.4 Å². The van der Waals surface area contributed by atoms with Crippen LogP contribution < -0.4 is 10.1 Å². The van der Waals surface area contributed by atoms with Crippen molar-refractivity contribution in [2.75, 3.05) is 6.54 Å². The van der Waals surface area contributed by atoms with Gasteiger partial charge in [0.1, 0.15) is 17.6 Å². The molecule has 0 radical (unpaired) electrons. The van der Waals surface area contributed by atoms with Crippen LogP contribution in [0.1, 0.15) is 21.8 Å². The lowest BCUT2D eigenvalue weighted by Gasteiger charge is -2.11. The molecule has 1 aliphatic heterocycles. The molecule has 7 heteroatoms. The molecule has 5 nitrogen and oxygen atoms in total. The smallest absolute Gasteiger partial charge is 0.273 e. The van der Waals surface area contributed by atoms with E-state index in [0.29, 0.717) is 29.5 Å². The zero-order valence-corrected chi connectivity index (χ0v) is 15.0. The summed E-state index contributed by atoms with van der Waals surface area (Å²) in [6.45, 7) is 2.12. The maximum atomic E-state index is 12.1. The summed E-state index contributed by atoms with van der Waals surface area (Å²) in [6.07, 6.45) is 0.549. The molecule has 0 saturated carbocycles. The second-order valence-electron chi connectivity index (χ2n) is 5.94. The van der Waals surface area contributed by atoms with Crippen LogP contribution in [-0.4, -0.2) is 23.7 Å². The SMILES string of the molecule is Cc1cc(C(=O)NCC2Cc3cc(-c4ccsc4)cc(Cl)c3O2)no1. The van der Waals surface area contributed by atoms with Crippen LogP contribution >= 0.6 is 22.9 Å². The summed E-state index contributed by atoms with van der Waals surface area (Å²) in [4.78, 5) is 12.1. The molecule has 4 rings (SSSR count). The molecule has 1 aliphatic rings. The summed E-state index contributed by atoms with van der Waals surface area (Å²) >= 11 is 8.04. The van der Waals surface area contributed by atoms with Crippen LogP contribution in [0.25, 0.3) is 11.1 Å². The Morgan fingerprint density at radius 1 is 1.40 bits per heavy atom. The summed E-state index contributed by atoms with van der Waals surface area (Å²) in [5.41, 5.74) is 3.56. The maximum Gasteiger partial charge on any atom is 0.273 e. The number of benzene rings is 1. The lowest BCUT2D eigenvalue weighted by Crippen LogP contribution is -2.34. The van der Waals surface area contributed by atoms with Gasteiger partial charge in [-0.3, -0.25) is 4.79 Å². The first-order valence-electron chi connectivity index (χ1n) is 7.83. The summed E-state index contributed by atoms with van der Waals surface area (Å²) in [6, 6.07) is 7.69. The van der Waals surface area contributed by atoms with Gasteiger partial charge in [-0.25, -0.2) is 0 Å². The normalized spacial score (nSPS) is 15.7. The van der Waals surface area contributed by atoms with Gasteiger partial charge < -0.3 is 14.6 Å². The summed E-state index contributed by atoms with van der Waals surface area (Å²) < 4.78 is 10.8. The number of nitrogens with one attached hydrogen (secondary N) is 1. The number of halogens is 1. The molecule has 2 aromatic heterocycles. The van der Waals surface area contributed by atoms with Crippen molar-refractivity contribution < 1.29 is 14.1 Å². The van der Waals surface area contributed by atoms with Crippen molar-refractivity contribution in [1.29, 1.82) is 0 Å². The largest absolute Gasteiger partial charge is 0.486 e. The fraction of sp³-hybridized carbons (Fsp3) is 0.222. The standard InChI is InChI=1S/C18H15ClN2O3S/c1-10-4-16(21-24-10)18(22)20-8-14-6-13-5-12(11-2-3-25-9-11)7-15(19)17(13)23-14/h2-5,7,9,14H,6,8H2,1H3,(H,20,22). The first-order chi connectivity index (χ1) is 12.1. The molecule has 0 bridgehead atoms. The van der Waals surface area contributed by atoms with Crippen LogP contribution in [0.3, 0.4) is 0 Å². The fourth-order valence-electron chi connectivity index (χ4n) is 2.87. The van der Waals surface area contributed by atoms with E-state index in [1.165, 1.54) is 0 Å². The highest BCUT2D eigenvalue weighted by atomic mass is 35.5. The average molecular weight is 375 g/mol. The van der Waals surface area contributed by atoms with E-state index in [1.54, 1.807) is 24.3 Å². The second kappa shape index (κ2) is 6.54. The van der Waals surface area contributed by atoms with Crippen molar-refractivity contribution in [3.05, 3.63) is 57.1 Å². The highest BCUT2D eigenvalue weighted by Crippen LogP contribution is 2.39. The summed E-state index contributed by atoms with van der Waals surface area (Å²) in [7, 11) is 0. The van der Waals surface area contributed by atoms with Gasteiger partial charge in [0, 0.05) is 18.1 Å². The lowest BCUT2D eigenvalue weighted by molar-refractivity contribution is 0.0924. The number of carbonyl (C=O) groups excluding carboxylic acids is 1. The molecule has 3 aromatic rings. The number of aryl methyl sites for hydroxylation is 1. The minimum atomic E-state index is -0.276. The van der Waals surface area contributed by atoms with Gasteiger partial charge in [-0.2, -0.15) is 11.3 Å². The Balaban J connectivity index is 1.44. The number of hydrogen-bond acceptors (Lipinski definition) is 5. The van der Waals surface area contributed by atoms with Crippen LogP contribution in [0.5, 0.6) is 5.75 Å². The maximum absolute atomic E-state index is 12.1. The average Bonchev–Trinajstić information content (AvgIpc) is 3.32. The Hall–Kier alpha value is -2.31. The van der Waals surface area contributed by atoms with Crippen molar-refractivity contribution in [1.82, 2.24) is 10.5 Å². The van der Waals surface area contributed by atoms with E-state index in [-0.39, 0.29) is 17.7 Å². The van der Waals surface area contributed by atoms with E-state index in [0.717, 1.165) is 16.7 Å². The Kier molecular flexibility index (Phi) is 4.23. The molecule has 0 fully saturated rings. The minimum Gasteiger partial charge on any atom is -0.486 e. The molecule has 1 atom stereocenters. The number of aromatic nitrogens is 1. The molecule has 1 N–H and O–H groups in total. The lowest BCUT2D eigenvalue weighted by atomic mass is 10.0. The number of hydrogen-bond donors (Lipinski definition) is 1. The molecule has 1 amide bonds. The summed E-state index contributed by atoms with van der Waals surface area (Å²) in [5, 5.41) is 11.3. The monoisotopic (exact) mass is 374 g/mol. The molecule has 0 aliphatic carbocycles. The van der Waals surface area contributed by atoms with Gasteiger partial charge in [-0.1, -0.05) is 16.8 Å². The van der Waals surface area contributed by atoms with Gasteiger partial charge in [-0.05, 0) is 47.0 Å². The highest BCUT2D eigenvalue weighted by molar-refractivity contribution is 7.08. The van der Waals surface area contributed by atoms with Gasteiger partial charge in [0.05, 0.1) is 11.6 Å². The van der Waals surface area contributed by atoms with Crippen LogP contribution in [0.15, 0.2) is 39.5 Å². The van der Waals surface area contributed by atoms with Crippen LogP contribution in [0.4, 0.5) is 0 Å². The van der Waals surface area contributed by atoms with E-state index in [4.69, 9.17) is 20.9 Å². The van der Waals surface area contributed by atoms with Crippen molar-refractivity contribution in [2.45, 2.75) is 19.4 Å². The van der Waals surface area contributed by atoms with Gasteiger partial charge in [0.25, 0.3) is 5.91 Å². The molecular formula is C18H15ClN2O3S. The Bertz CT molecular complexity index is 921. The number of ether oxygens (including phenoxy) is 1. The van der Waals surface area contributed by atoms with Crippen molar-refractivity contribution in [3.8, 4) is 16.9 Å². The van der Waals surface area contributed by atoms with Crippen LogP contribution in [-0.2, 0) is 6.42 Å². The van der Waals surface area contributed by atoms with E-state index in [2.05, 4.69) is 28.0 Å². The van der Waals surface area contributed by atoms with Crippen molar-refractivity contribution in [2.24, 2.45) is 0 Å². The minimum absolute atomic E-state index is 0.151. The number of thiophene rings is 1. The summed E-state index contributed by atoms with van der Waals surface area (Å²) in [5.74, 6) is 1.03. The van der Waals surface area contributed by atoms with Gasteiger partial charge in [-0.15, -0.1) is 0 Å². The van der Waals surface area contributed by atoms with Gasteiger partial charge in [0.2, 0.25) is 0 Å². The first-order valence-corrected chi connectivity index (χ1v) is 9.15. The van der Waals surface area contributed by atoms with Crippen molar-refractivity contribution in [3.63, 3.8) is 0 Å². The second-order valence-corrected chi connectivity index (χ2v) is 7.12. The Labute approximate surface area is 153 Å². The zero-order chi connectivity index (χ0) is 17.4. The molecule has 0 spiro atoms. The molecule has 3 heterocycles.